The van der Waals surface area contributed by atoms with Crippen LogP contribution in [0.2, 0.25) is 0 Å². The third kappa shape index (κ3) is 0.864. The molecule has 0 bridgehead atoms. The van der Waals surface area contributed by atoms with Gasteiger partial charge in [-0.1, -0.05) is 0 Å². The molecule has 2 heterocycles. The van der Waals surface area contributed by atoms with Gasteiger partial charge in [0.05, 0.1) is 13.2 Å². The van der Waals surface area contributed by atoms with Crippen molar-refractivity contribution in [3.05, 3.63) is 7.05 Å². The largest absolute Gasteiger partial charge is 0.459 e. The van der Waals surface area contributed by atoms with Gasteiger partial charge in [-0.3, -0.25) is 7.05 Å². The molecule has 2 nitrogen and oxygen atoms in total. The number of hydrogen-bond acceptors (Lipinski definition) is 2. The molecule has 2 heteroatoms. The molecule has 2 aliphatic rings. The van der Waals surface area contributed by atoms with Crippen molar-refractivity contribution in [3.8, 4) is 0 Å². The fourth-order valence-electron chi connectivity index (χ4n) is 1.78. The molecule has 2 rings (SSSR count). The number of fused-ring (bicyclic) bond motifs is 1. The number of rotatable bonds is 0. The summed E-state index contributed by atoms with van der Waals surface area (Å²) in [6.07, 6.45) is 0. The fourth-order valence-corrected chi connectivity index (χ4v) is 1.78. The second-order valence-electron chi connectivity index (χ2n) is 3.09. The van der Waals surface area contributed by atoms with Crippen LogP contribution < -0.4 is 0 Å². The molecule has 2 aliphatic heterocycles. The standard InChI is InChI=1S/C7H12NO/c1-8-2-6-4-9-5-7(6)3-8/h6-7H,1-5H2/q-1. The Morgan fingerprint density at radius 1 is 1.22 bits per heavy atom. The molecule has 0 radical (unpaired) electrons. The van der Waals surface area contributed by atoms with Gasteiger partial charge < -0.3 is 9.64 Å². The number of likely N-dealkylation sites (tertiary alicyclic amines) is 1. The van der Waals surface area contributed by atoms with E-state index in [4.69, 9.17) is 4.74 Å². The molecule has 0 saturated carbocycles. The highest BCUT2D eigenvalue weighted by Crippen LogP contribution is 2.27. The van der Waals surface area contributed by atoms with Crippen molar-refractivity contribution < 1.29 is 4.74 Å². The number of ether oxygens (including phenoxy) is 1. The van der Waals surface area contributed by atoms with Crippen LogP contribution in [0.15, 0.2) is 0 Å². The molecule has 52 valence electrons. The van der Waals surface area contributed by atoms with Gasteiger partial charge in [-0.2, -0.15) is 0 Å². The smallest absolute Gasteiger partial charge is 0.0509 e. The topological polar surface area (TPSA) is 12.5 Å². The van der Waals surface area contributed by atoms with Crippen molar-refractivity contribution >= 4 is 0 Å². The molecule has 2 fully saturated rings. The highest BCUT2D eigenvalue weighted by Gasteiger charge is 2.32. The van der Waals surface area contributed by atoms with Crippen LogP contribution in [-0.2, 0) is 4.74 Å². The summed E-state index contributed by atoms with van der Waals surface area (Å²) >= 11 is 0. The van der Waals surface area contributed by atoms with E-state index in [1.165, 1.54) is 0 Å². The van der Waals surface area contributed by atoms with Gasteiger partial charge in [0.1, 0.15) is 0 Å². The van der Waals surface area contributed by atoms with Gasteiger partial charge in [0.25, 0.3) is 0 Å². The van der Waals surface area contributed by atoms with E-state index < -0.39 is 0 Å². The Labute approximate surface area is 55.8 Å². The predicted octanol–water partition coefficient (Wildman–Crippen LogP) is 0.356. The molecule has 0 spiro atoms. The van der Waals surface area contributed by atoms with Gasteiger partial charge in [-0.25, -0.2) is 0 Å². The second kappa shape index (κ2) is 1.96. The molecule has 0 N–H and O–H groups in total. The third-order valence-electron chi connectivity index (χ3n) is 2.32. The molecule has 0 amide bonds. The molecule has 9 heavy (non-hydrogen) atoms. The van der Waals surface area contributed by atoms with E-state index in [0.29, 0.717) is 0 Å². The molecule has 0 aliphatic carbocycles. The van der Waals surface area contributed by atoms with Crippen molar-refractivity contribution in [2.45, 2.75) is 0 Å². The van der Waals surface area contributed by atoms with Gasteiger partial charge in [0.15, 0.2) is 0 Å². The summed E-state index contributed by atoms with van der Waals surface area (Å²) in [5, 5.41) is 0. The summed E-state index contributed by atoms with van der Waals surface area (Å²) in [6, 6.07) is 0. The van der Waals surface area contributed by atoms with E-state index in [2.05, 4.69) is 11.9 Å². The Hall–Kier alpha value is -0.0800. The van der Waals surface area contributed by atoms with Crippen molar-refractivity contribution in [2.75, 3.05) is 26.3 Å². The van der Waals surface area contributed by atoms with Gasteiger partial charge >= 0.3 is 0 Å². The second-order valence-corrected chi connectivity index (χ2v) is 3.09. The molecule has 0 aromatic heterocycles. The van der Waals surface area contributed by atoms with Crippen molar-refractivity contribution in [2.24, 2.45) is 11.8 Å². The van der Waals surface area contributed by atoms with Crippen LogP contribution in [0, 0.1) is 18.9 Å². The third-order valence-corrected chi connectivity index (χ3v) is 2.32. The normalized spacial score (nSPS) is 43.7. The van der Waals surface area contributed by atoms with E-state index in [-0.39, 0.29) is 0 Å². The monoisotopic (exact) mass is 126 g/mol. The number of nitrogens with zero attached hydrogens (tertiary/aromatic N) is 1. The minimum atomic E-state index is 0.794. The zero-order valence-corrected chi connectivity index (χ0v) is 5.55. The first kappa shape index (κ1) is 5.69. The fraction of sp³-hybridized carbons (Fsp3) is 0.857. The predicted molar refractivity (Wildman–Crippen MR) is 34.7 cm³/mol. The first-order valence-electron chi connectivity index (χ1n) is 3.49. The van der Waals surface area contributed by atoms with E-state index in [1.807, 2.05) is 0 Å². The summed E-state index contributed by atoms with van der Waals surface area (Å²) in [4.78, 5) is 2.15. The minimum absolute atomic E-state index is 0.794. The summed E-state index contributed by atoms with van der Waals surface area (Å²) in [5.74, 6) is 1.59. The first-order chi connectivity index (χ1) is 4.36. The van der Waals surface area contributed by atoms with Gasteiger partial charge in [0, 0.05) is 0 Å². The van der Waals surface area contributed by atoms with Gasteiger partial charge in [-0.05, 0) is 24.9 Å². The van der Waals surface area contributed by atoms with E-state index in [9.17, 15) is 0 Å². The van der Waals surface area contributed by atoms with Crippen molar-refractivity contribution in [1.82, 2.24) is 4.90 Å². The highest BCUT2D eigenvalue weighted by atomic mass is 16.5. The van der Waals surface area contributed by atoms with Crippen molar-refractivity contribution in [3.63, 3.8) is 0 Å². The lowest BCUT2D eigenvalue weighted by atomic mass is 10.0. The Bertz CT molecular complexity index is 103. The lowest BCUT2D eigenvalue weighted by Gasteiger charge is -2.17. The minimum Gasteiger partial charge on any atom is -0.459 e. The molecule has 0 aromatic rings. The SMILES string of the molecule is [CH2-]N1CC2COCC2C1. The maximum atomic E-state index is 5.31. The zero-order valence-electron chi connectivity index (χ0n) is 5.55. The lowest BCUT2D eigenvalue weighted by Crippen LogP contribution is -2.14. The van der Waals surface area contributed by atoms with Crippen LogP contribution in [0.5, 0.6) is 0 Å². The average molecular weight is 126 g/mol. The van der Waals surface area contributed by atoms with E-state index >= 15 is 0 Å². The van der Waals surface area contributed by atoms with Crippen LogP contribution in [0.4, 0.5) is 0 Å². The van der Waals surface area contributed by atoms with Crippen LogP contribution in [-0.4, -0.2) is 31.2 Å². The van der Waals surface area contributed by atoms with Crippen LogP contribution in [0.1, 0.15) is 0 Å². The summed E-state index contributed by atoms with van der Waals surface area (Å²) in [7, 11) is 3.90. The summed E-state index contributed by atoms with van der Waals surface area (Å²) in [6.45, 7) is 4.22. The summed E-state index contributed by atoms with van der Waals surface area (Å²) < 4.78 is 5.31. The van der Waals surface area contributed by atoms with Crippen molar-refractivity contribution in [1.29, 1.82) is 0 Å². The maximum Gasteiger partial charge on any atom is 0.0509 e. The first-order valence-corrected chi connectivity index (χ1v) is 3.49. The van der Waals surface area contributed by atoms with Gasteiger partial charge in [-0.15, -0.1) is 0 Å². The summed E-state index contributed by atoms with van der Waals surface area (Å²) in [5.41, 5.74) is 0. The molecule has 2 saturated heterocycles. The average Bonchev–Trinajstić information content (AvgIpc) is 2.22. The Morgan fingerprint density at radius 2 is 1.78 bits per heavy atom. The van der Waals surface area contributed by atoms with Crippen LogP contribution in [0.3, 0.4) is 0 Å². The Kier molecular flexibility index (Phi) is 1.24. The van der Waals surface area contributed by atoms with Gasteiger partial charge in [0.2, 0.25) is 0 Å². The Morgan fingerprint density at radius 3 is 2.33 bits per heavy atom. The molecule has 2 atom stereocenters. The van der Waals surface area contributed by atoms with E-state index in [0.717, 1.165) is 38.1 Å². The zero-order chi connectivity index (χ0) is 6.27. The molecular weight excluding hydrogens is 114 g/mol. The van der Waals surface area contributed by atoms with E-state index in [1.54, 1.807) is 0 Å². The Balaban J connectivity index is 2.02. The molecule has 0 aromatic carbocycles. The van der Waals surface area contributed by atoms with Crippen LogP contribution >= 0.6 is 0 Å². The highest BCUT2D eigenvalue weighted by molar-refractivity contribution is 4.86. The molecular formula is C7H12NO-. The maximum absolute atomic E-state index is 5.31. The quantitative estimate of drug-likeness (QED) is 0.434. The number of hydrogen-bond donors (Lipinski definition) is 0. The van der Waals surface area contributed by atoms with Crippen LogP contribution in [0.25, 0.3) is 0 Å². The molecule has 2 unspecified atom stereocenters. The lowest BCUT2D eigenvalue weighted by molar-refractivity contribution is 0.163.